The summed E-state index contributed by atoms with van der Waals surface area (Å²) in [6, 6.07) is 6.85. The van der Waals surface area contributed by atoms with Gasteiger partial charge in [0.15, 0.2) is 6.61 Å². The maximum atomic E-state index is 12.1. The molecule has 140 valence electrons. The highest BCUT2D eigenvalue weighted by molar-refractivity contribution is 7.14. The van der Waals surface area contributed by atoms with Crippen molar-refractivity contribution in [2.75, 3.05) is 26.1 Å². The van der Waals surface area contributed by atoms with E-state index in [9.17, 15) is 9.59 Å². The normalized spacial score (nSPS) is 10.3. The lowest BCUT2D eigenvalue weighted by Gasteiger charge is -2.10. The molecule has 1 aromatic carbocycles. The molecule has 0 aliphatic carbocycles. The van der Waals surface area contributed by atoms with Crippen molar-refractivity contribution in [3.05, 3.63) is 39.6 Å². The van der Waals surface area contributed by atoms with Crippen LogP contribution >= 0.6 is 11.3 Å². The molecule has 0 unspecified atom stereocenters. The Morgan fingerprint density at radius 3 is 2.31 bits per heavy atom. The number of thiophene rings is 1. The minimum Gasteiger partial charge on any atom is -0.497 e. The van der Waals surface area contributed by atoms with Gasteiger partial charge in [-0.2, -0.15) is 0 Å². The van der Waals surface area contributed by atoms with Gasteiger partial charge in [-0.1, -0.05) is 13.3 Å². The molecule has 26 heavy (non-hydrogen) atoms. The van der Waals surface area contributed by atoms with Gasteiger partial charge in [0.1, 0.15) is 16.4 Å². The third-order valence-electron chi connectivity index (χ3n) is 3.71. The predicted octanol–water partition coefficient (Wildman–Crippen LogP) is 3.82. The summed E-state index contributed by atoms with van der Waals surface area (Å²) in [5.74, 6) is 0.179. The van der Waals surface area contributed by atoms with E-state index >= 15 is 0 Å². The Hall–Kier alpha value is -2.54. The number of anilines is 1. The first kappa shape index (κ1) is 19.8. The van der Waals surface area contributed by atoms with E-state index in [-0.39, 0.29) is 6.61 Å². The maximum Gasteiger partial charge on any atom is 0.348 e. The highest BCUT2D eigenvalue weighted by Gasteiger charge is 2.15. The zero-order valence-electron chi connectivity index (χ0n) is 15.4. The van der Waals surface area contributed by atoms with Crippen LogP contribution in [0.25, 0.3) is 0 Å². The molecule has 1 N–H and O–H groups in total. The van der Waals surface area contributed by atoms with Gasteiger partial charge in [0.2, 0.25) is 0 Å². The minimum atomic E-state index is -0.487. The Kier molecular flexibility index (Phi) is 7.03. The predicted molar refractivity (Wildman–Crippen MR) is 102 cm³/mol. The molecule has 0 aliphatic rings. The van der Waals surface area contributed by atoms with Gasteiger partial charge >= 0.3 is 5.97 Å². The zero-order chi connectivity index (χ0) is 19.1. The number of ether oxygens (including phenoxy) is 3. The molecule has 7 heteroatoms. The maximum absolute atomic E-state index is 12.1. The number of hydrogen-bond donors (Lipinski definition) is 1. The van der Waals surface area contributed by atoms with Crippen LogP contribution < -0.4 is 14.8 Å². The summed E-state index contributed by atoms with van der Waals surface area (Å²) >= 11 is 1.39. The molecule has 6 nitrogen and oxygen atoms in total. The second-order valence-corrected chi connectivity index (χ2v) is 6.92. The molecular formula is C19H23NO5S. The lowest BCUT2D eigenvalue weighted by molar-refractivity contribution is -0.119. The molecule has 2 aromatic rings. The first-order valence-electron chi connectivity index (χ1n) is 8.26. The SMILES string of the molecule is CCCc1cc(C(=O)OCC(=O)Nc2cc(OC)cc(OC)c2)sc1C. The number of benzene rings is 1. The lowest BCUT2D eigenvalue weighted by Crippen LogP contribution is -2.20. The standard InChI is InChI=1S/C19H23NO5S/c1-5-6-13-7-17(26-12(13)2)19(22)25-11-18(21)20-14-8-15(23-3)10-16(9-14)24-4/h7-10H,5-6,11H2,1-4H3,(H,20,21). The van der Waals surface area contributed by atoms with E-state index < -0.39 is 11.9 Å². The van der Waals surface area contributed by atoms with E-state index in [4.69, 9.17) is 14.2 Å². The first-order chi connectivity index (χ1) is 12.5. The fourth-order valence-corrected chi connectivity index (χ4v) is 3.38. The van der Waals surface area contributed by atoms with Gasteiger partial charge in [0.25, 0.3) is 5.91 Å². The molecule has 1 amide bonds. The van der Waals surface area contributed by atoms with Crippen molar-refractivity contribution < 1.29 is 23.8 Å². The molecular weight excluding hydrogens is 354 g/mol. The van der Waals surface area contributed by atoms with Crippen molar-refractivity contribution >= 4 is 28.9 Å². The van der Waals surface area contributed by atoms with E-state index in [1.807, 2.05) is 13.0 Å². The number of methoxy groups -OCH3 is 2. The van der Waals surface area contributed by atoms with Crippen LogP contribution in [0.4, 0.5) is 5.69 Å². The van der Waals surface area contributed by atoms with E-state index in [0.29, 0.717) is 22.1 Å². The van der Waals surface area contributed by atoms with E-state index in [2.05, 4.69) is 12.2 Å². The molecule has 0 aliphatic heterocycles. The van der Waals surface area contributed by atoms with Gasteiger partial charge in [-0.3, -0.25) is 4.79 Å². The largest absolute Gasteiger partial charge is 0.497 e. The average molecular weight is 377 g/mol. The number of esters is 1. The zero-order valence-corrected chi connectivity index (χ0v) is 16.2. The Bertz CT molecular complexity index is 762. The van der Waals surface area contributed by atoms with Crippen LogP contribution in [0.2, 0.25) is 0 Å². The number of aryl methyl sites for hydroxylation is 2. The topological polar surface area (TPSA) is 73.9 Å². The lowest BCUT2D eigenvalue weighted by atomic mass is 10.1. The van der Waals surface area contributed by atoms with Crippen molar-refractivity contribution in [1.29, 1.82) is 0 Å². The number of amides is 1. The van der Waals surface area contributed by atoms with Crippen LogP contribution in [0.1, 0.15) is 33.5 Å². The van der Waals surface area contributed by atoms with Gasteiger partial charge in [-0.05, 0) is 25.0 Å². The van der Waals surface area contributed by atoms with Crippen LogP contribution in [0.5, 0.6) is 11.5 Å². The van der Waals surface area contributed by atoms with E-state index in [0.717, 1.165) is 23.3 Å². The highest BCUT2D eigenvalue weighted by Crippen LogP contribution is 2.26. The highest BCUT2D eigenvalue weighted by atomic mass is 32.1. The molecule has 0 bridgehead atoms. The number of carbonyl (C=O) groups excluding carboxylic acids is 2. The van der Waals surface area contributed by atoms with Crippen molar-refractivity contribution in [2.45, 2.75) is 26.7 Å². The molecule has 1 aromatic heterocycles. The first-order valence-corrected chi connectivity index (χ1v) is 9.07. The number of nitrogens with one attached hydrogen (secondary N) is 1. The summed E-state index contributed by atoms with van der Waals surface area (Å²) in [7, 11) is 3.05. The third-order valence-corrected chi connectivity index (χ3v) is 4.78. The Balaban J connectivity index is 1.94. The summed E-state index contributed by atoms with van der Waals surface area (Å²) in [6.45, 7) is 3.71. The van der Waals surface area contributed by atoms with Crippen LogP contribution in [0, 0.1) is 6.92 Å². The monoisotopic (exact) mass is 377 g/mol. The van der Waals surface area contributed by atoms with Crippen LogP contribution in [-0.4, -0.2) is 32.7 Å². The molecule has 0 spiro atoms. The number of rotatable bonds is 8. The van der Waals surface area contributed by atoms with Crippen molar-refractivity contribution in [3.63, 3.8) is 0 Å². The fraction of sp³-hybridized carbons (Fsp3) is 0.368. The van der Waals surface area contributed by atoms with Crippen LogP contribution in [0.15, 0.2) is 24.3 Å². The molecule has 0 atom stereocenters. The van der Waals surface area contributed by atoms with Gasteiger partial charge in [-0.25, -0.2) is 4.79 Å². The summed E-state index contributed by atoms with van der Waals surface area (Å²) in [5, 5.41) is 2.66. The van der Waals surface area contributed by atoms with Gasteiger partial charge in [-0.15, -0.1) is 11.3 Å². The molecule has 0 fully saturated rings. The average Bonchev–Trinajstić information content (AvgIpc) is 3.00. The van der Waals surface area contributed by atoms with Crippen molar-refractivity contribution in [3.8, 4) is 11.5 Å². The van der Waals surface area contributed by atoms with Crippen LogP contribution in [-0.2, 0) is 16.0 Å². The van der Waals surface area contributed by atoms with E-state index in [1.165, 1.54) is 25.6 Å². The molecule has 2 rings (SSSR count). The number of hydrogen-bond acceptors (Lipinski definition) is 6. The second-order valence-electron chi connectivity index (χ2n) is 5.67. The van der Waals surface area contributed by atoms with Crippen LogP contribution in [0.3, 0.4) is 0 Å². The Labute approximate surface area is 157 Å². The minimum absolute atomic E-state index is 0.363. The Morgan fingerprint density at radius 1 is 1.08 bits per heavy atom. The second kappa shape index (κ2) is 9.24. The summed E-state index contributed by atoms with van der Waals surface area (Å²) in [6.07, 6.45) is 1.94. The third kappa shape index (κ3) is 5.23. The summed E-state index contributed by atoms with van der Waals surface area (Å²) in [5.41, 5.74) is 1.65. The van der Waals surface area contributed by atoms with Gasteiger partial charge in [0.05, 0.1) is 14.2 Å². The van der Waals surface area contributed by atoms with Gasteiger partial charge in [0, 0.05) is 28.8 Å². The summed E-state index contributed by atoms with van der Waals surface area (Å²) in [4.78, 5) is 25.8. The molecule has 0 saturated heterocycles. The molecule has 0 radical (unpaired) electrons. The van der Waals surface area contributed by atoms with Crippen molar-refractivity contribution in [1.82, 2.24) is 0 Å². The number of carbonyl (C=O) groups is 2. The Morgan fingerprint density at radius 2 is 1.73 bits per heavy atom. The quantitative estimate of drug-likeness (QED) is 0.708. The van der Waals surface area contributed by atoms with Crippen molar-refractivity contribution in [2.24, 2.45) is 0 Å². The fourth-order valence-electron chi connectivity index (χ4n) is 2.42. The molecule has 1 heterocycles. The van der Waals surface area contributed by atoms with Gasteiger partial charge < -0.3 is 19.5 Å². The smallest absolute Gasteiger partial charge is 0.348 e. The van der Waals surface area contributed by atoms with E-state index in [1.54, 1.807) is 18.2 Å². The molecule has 0 saturated carbocycles. The summed E-state index contributed by atoms with van der Waals surface area (Å²) < 4.78 is 15.4.